The molecule has 0 aromatic carbocycles. The minimum atomic E-state index is -0.342. The van der Waals surface area contributed by atoms with Crippen molar-refractivity contribution < 1.29 is 14.4 Å². The minimum Gasteiger partial charge on any atom is -0.379 e. The number of nitrogens with one attached hydrogen (secondary N) is 2. The van der Waals surface area contributed by atoms with Gasteiger partial charge in [0, 0.05) is 13.5 Å². The number of carbonyl (C=O) groups excluding carboxylic acids is 1. The van der Waals surface area contributed by atoms with E-state index in [4.69, 9.17) is 4.74 Å². The molecule has 0 bridgehead atoms. The molecule has 0 spiro atoms. The third-order valence-corrected chi connectivity index (χ3v) is 1.06. The number of hydrogen-bond donors (Lipinski definition) is 2. The summed E-state index contributed by atoms with van der Waals surface area (Å²) in [6.07, 6.45) is 0. The molecular weight excluding hydrogens is 160 g/mol. The van der Waals surface area contributed by atoms with E-state index >= 15 is 0 Å². The fourth-order valence-electron chi connectivity index (χ4n) is 0.543. The number of carbonyl (C=O) groups is 1. The van der Waals surface area contributed by atoms with E-state index in [9.17, 15) is 4.79 Å². The molecule has 0 saturated carbocycles. The molecule has 12 heavy (non-hydrogen) atoms. The largest absolute Gasteiger partial charge is 0.379 e. The van der Waals surface area contributed by atoms with Crippen LogP contribution >= 0.6 is 0 Å². The quantitative estimate of drug-likeness (QED) is 0.396. The zero-order chi connectivity index (χ0) is 9.23. The normalized spacial score (nSPS) is 9.83. The Morgan fingerprint density at radius 1 is 1.33 bits per heavy atom. The molecule has 0 aromatic rings. The average Bonchev–Trinajstić information content (AvgIpc) is 2.02. The molecule has 0 rings (SSSR count). The molecular formula is C7H16N2O3. The Kier molecular flexibility index (Phi) is 7.99. The molecule has 0 aromatic heterocycles. The molecule has 0 saturated heterocycles. The van der Waals surface area contributed by atoms with Crippen molar-refractivity contribution in [2.24, 2.45) is 0 Å². The second-order valence-corrected chi connectivity index (χ2v) is 2.20. The van der Waals surface area contributed by atoms with Gasteiger partial charge >= 0.3 is 5.97 Å². The Hall–Kier alpha value is -0.650. The molecule has 2 N–H and O–H groups in total. The molecule has 0 atom stereocenters. The van der Waals surface area contributed by atoms with Gasteiger partial charge in [0.2, 0.25) is 0 Å². The summed E-state index contributed by atoms with van der Waals surface area (Å²) in [5, 5.41) is 2.95. The zero-order valence-electron chi connectivity index (χ0n) is 7.55. The lowest BCUT2D eigenvalue weighted by molar-refractivity contribution is -0.148. The third kappa shape index (κ3) is 9.35. The minimum absolute atomic E-state index is 0.342. The van der Waals surface area contributed by atoms with Crippen LogP contribution in [0.25, 0.3) is 0 Å². The van der Waals surface area contributed by atoms with E-state index in [2.05, 4.69) is 15.6 Å². The van der Waals surface area contributed by atoms with E-state index < -0.39 is 0 Å². The average molecular weight is 176 g/mol. The van der Waals surface area contributed by atoms with E-state index in [0.29, 0.717) is 19.8 Å². The first-order valence-corrected chi connectivity index (χ1v) is 3.90. The zero-order valence-corrected chi connectivity index (χ0v) is 7.55. The van der Waals surface area contributed by atoms with Gasteiger partial charge in [-0.2, -0.15) is 5.48 Å². The van der Waals surface area contributed by atoms with Crippen molar-refractivity contribution in [1.82, 2.24) is 10.8 Å². The third-order valence-electron chi connectivity index (χ3n) is 1.06. The molecule has 72 valence electrons. The summed E-state index contributed by atoms with van der Waals surface area (Å²) < 4.78 is 5.14. The summed E-state index contributed by atoms with van der Waals surface area (Å²) >= 11 is 0. The van der Waals surface area contributed by atoms with Crippen LogP contribution in [-0.4, -0.2) is 39.3 Å². The van der Waals surface area contributed by atoms with Crippen molar-refractivity contribution in [3.05, 3.63) is 0 Å². The van der Waals surface area contributed by atoms with Crippen LogP contribution in [0, 0.1) is 0 Å². The van der Waals surface area contributed by atoms with E-state index in [1.807, 2.05) is 7.05 Å². The van der Waals surface area contributed by atoms with Gasteiger partial charge in [-0.15, -0.1) is 0 Å². The van der Waals surface area contributed by atoms with Crippen molar-refractivity contribution in [2.75, 3.05) is 33.4 Å². The lowest BCUT2D eigenvalue weighted by Gasteiger charge is -2.04. The van der Waals surface area contributed by atoms with Crippen molar-refractivity contribution in [2.45, 2.75) is 6.92 Å². The van der Waals surface area contributed by atoms with Crippen LogP contribution in [0.1, 0.15) is 6.92 Å². The van der Waals surface area contributed by atoms with E-state index in [-0.39, 0.29) is 5.97 Å². The van der Waals surface area contributed by atoms with Gasteiger partial charge in [-0.25, -0.2) is 0 Å². The van der Waals surface area contributed by atoms with E-state index in [0.717, 1.165) is 6.54 Å². The first-order valence-electron chi connectivity index (χ1n) is 3.90. The summed E-state index contributed by atoms with van der Waals surface area (Å²) in [5.41, 5.74) is 2.47. The number of hydroxylamine groups is 1. The summed E-state index contributed by atoms with van der Waals surface area (Å²) in [7, 11) is 1.86. The van der Waals surface area contributed by atoms with Gasteiger partial charge in [-0.1, -0.05) is 0 Å². The van der Waals surface area contributed by atoms with Crippen molar-refractivity contribution in [3.63, 3.8) is 0 Å². The summed E-state index contributed by atoms with van der Waals surface area (Å²) in [6, 6.07) is 0. The predicted molar refractivity (Wildman–Crippen MR) is 44.5 cm³/mol. The lowest BCUT2D eigenvalue weighted by atomic mass is 10.6. The van der Waals surface area contributed by atoms with Crippen LogP contribution in [0.3, 0.4) is 0 Å². The van der Waals surface area contributed by atoms with E-state index in [1.165, 1.54) is 6.92 Å². The van der Waals surface area contributed by atoms with E-state index in [1.54, 1.807) is 0 Å². The maximum atomic E-state index is 10.2. The van der Waals surface area contributed by atoms with Crippen molar-refractivity contribution in [1.29, 1.82) is 0 Å². The first-order chi connectivity index (χ1) is 5.77. The van der Waals surface area contributed by atoms with Crippen LogP contribution in [-0.2, 0) is 14.4 Å². The highest BCUT2D eigenvalue weighted by molar-refractivity contribution is 5.65. The van der Waals surface area contributed by atoms with Crippen LogP contribution in [0.2, 0.25) is 0 Å². The molecule has 0 unspecified atom stereocenters. The number of likely N-dealkylation sites (N-methyl/N-ethyl adjacent to an activating group) is 1. The summed E-state index contributed by atoms with van der Waals surface area (Å²) in [5.74, 6) is -0.342. The van der Waals surface area contributed by atoms with Crippen LogP contribution in [0.5, 0.6) is 0 Å². The Bertz CT molecular complexity index is 119. The Morgan fingerprint density at radius 3 is 2.58 bits per heavy atom. The molecule has 5 nitrogen and oxygen atoms in total. The summed E-state index contributed by atoms with van der Waals surface area (Å²) in [4.78, 5) is 14.7. The lowest BCUT2D eigenvalue weighted by Crippen LogP contribution is -2.24. The van der Waals surface area contributed by atoms with Crippen molar-refractivity contribution >= 4 is 5.97 Å². The predicted octanol–water partition coefficient (Wildman–Crippen LogP) is -0.710. The molecule has 5 heteroatoms. The highest BCUT2D eigenvalue weighted by atomic mass is 16.7. The standard InChI is InChI=1S/C7H16N2O3/c1-7(10)12-9-4-6-11-5-3-8-2/h8-9H,3-6H2,1-2H3. The SMILES string of the molecule is CNCCOCCNOC(C)=O. The van der Waals surface area contributed by atoms with Crippen LogP contribution < -0.4 is 10.8 Å². The maximum Gasteiger partial charge on any atom is 0.321 e. The molecule has 0 heterocycles. The smallest absolute Gasteiger partial charge is 0.321 e. The molecule has 0 aliphatic heterocycles. The van der Waals surface area contributed by atoms with Gasteiger partial charge in [-0.3, -0.25) is 4.79 Å². The Balaban J connectivity index is 2.86. The van der Waals surface area contributed by atoms with Gasteiger partial charge in [0.25, 0.3) is 0 Å². The van der Waals surface area contributed by atoms with Gasteiger partial charge in [-0.05, 0) is 7.05 Å². The Labute approximate surface area is 72.4 Å². The van der Waals surface area contributed by atoms with Gasteiger partial charge < -0.3 is 14.9 Å². The van der Waals surface area contributed by atoms with Gasteiger partial charge in [0.15, 0.2) is 0 Å². The second kappa shape index (κ2) is 8.45. The fourth-order valence-corrected chi connectivity index (χ4v) is 0.543. The summed E-state index contributed by atoms with van der Waals surface area (Å²) in [6.45, 7) is 3.89. The second-order valence-electron chi connectivity index (χ2n) is 2.20. The van der Waals surface area contributed by atoms with Gasteiger partial charge in [0.05, 0.1) is 19.8 Å². The topological polar surface area (TPSA) is 59.6 Å². The van der Waals surface area contributed by atoms with Gasteiger partial charge in [0.1, 0.15) is 0 Å². The molecule has 0 fully saturated rings. The highest BCUT2D eigenvalue weighted by Gasteiger charge is 1.91. The van der Waals surface area contributed by atoms with Crippen LogP contribution in [0.4, 0.5) is 0 Å². The van der Waals surface area contributed by atoms with Crippen molar-refractivity contribution in [3.8, 4) is 0 Å². The maximum absolute atomic E-state index is 10.2. The molecule has 0 aliphatic rings. The number of rotatable bonds is 7. The molecule has 0 radical (unpaired) electrons. The highest BCUT2D eigenvalue weighted by Crippen LogP contribution is 1.73. The Morgan fingerprint density at radius 2 is 2.00 bits per heavy atom. The molecule has 0 amide bonds. The fraction of sp³-hybridized carbons (Fsp3) is 0.857. The first kappa shape index (κ1) is 11.4. The molecule has 0 aliphatic carbocycles. The van der Waals surface area contributed by atoms with Crippen LogP contribution in [0.15, 0.2) is 0 Å². The number of hydrogen-bond acceptors (Lipinski definition) is 5. The monoisotopic (exact) mass is 176 g/mol. The number of ether oxygens (including phenoxy) is 1.